The highest BCUT2D eigenvalue weighted by Gasteiger charge is 2.37. The number of amides is 4. The molecule has 6 heterocycles. The Morgan fingerprint density at radius 3 is 2.47 bits per heavy atom. The number of imide groups is 1. The number of benzene rings is 3. The summed E-state index contributed by atoms with van der Waals surface area (Å²) in [5.74, 6) is -1.69. The van der Waals surface area contributed by atoms with Crippen molar-refractivity contribution in [3.05, 3.63) is 95.3 Å². The third kappa shape index (κ3) is 8.76. The molecule has 64 heavy (non-hydrogen) atoms. The Morgan fingerprint density at radius 1 is 0.938 bits per heavy atom. The zero-order valence-electron chi connectivity index (χ0n) is 36.1. The molecule has 4 aliphatic rings. The molecule has 2 aromatic heterocycles. The molecule has 3 saturated heterocycles. The fourth-order valence-corrected chi connectivity index (χ4v) is 8.78. The van der Waals surface area contributed by atoms with Crippen LogP contribution in [-0.4, -0.2) is 113 Å². The Kier molecular flexibility index (Phi) is 11.4. The molecule has 4 aliphatic heterocycles. The second kappa shape index (κ2) is 17.1. The molecule has 332 valence electrons. The fourth-order valence-electron chi connectivity index (χ4n) is 8.78. The summed E-state index contributed by atoms with van der Waals surface area (Å²) in [7, 11) is 0. The maximum absolute atomic E-state index is 15.5. The summed E-state index contributed by atoms with van der Waals surface area (Å²) in [5.41, 5.74) is 4.69. The van der Waals surface area contributed by atoms with Crippen LogP contribution in [0.3, 0.4) is 0 Å². The lowest BCUT2D eigenvalue weighted by molar-refractivity contribution is -0.134. The van der Waals surface area contributed by atoms with Crippen molar-refractivity contribution in [3.8, 4) is 17.0 Å². The van der Waals surface area contributed by atoms with E-state index in [9.17, 15) is 19.2 Å². The van der Waals surface area contributed by atoms with Gasteiger partial charge in [0.15, 0.2) is 0 Å². The number of ether oxygens (including phenoxy) is 2. The Balaban J connectivity index is 0.787. The average molecular weight is 874 g/mol. The van der Waals surface area contributed by atoms with E-state index in [0.29, 0.717) is 92.9 Å². The summed E-state index contributed by atoms with van der Waals surface area (Å²) in [6.45, 7) is 11.6. The zero-order chi connectivity index (χ0) is 44.9. The molecule has 5 aromatic rings. The van der Waals surface area contributed by atoms with Crippen molar-refractivity contribution in [2.45, 2.75) is 64.5 Å². The standard InChI is InChI=1S/C47H49F2N9O6/c1-27-35(24-50-44-42(27)58(17-18-63-44)46(62)64-47(2,3)4)29-5-6-31-23-51-45(53-38(31)20-29)52-32-9-7-30(36(48)22-32)21-41(60)56-15-13-55(14-16-56)33-25-57(26-33)39-11-8-28(19-37(39)49)34-10-12-40(59)54-43(34)61/h5-9,11,19-20,22-24,33-34H,10,12-18,21,25-26H2,1-4H3,(H,51,52,53)(H,54,59,61). The smallest absolute Gasteiger partial charge is 0.415 e. The van der Waals surface area contributed by atoms with Gasteiger partial charge in [-0.25, -0.2) is 28.5 Å². The van der Waals surface area contributed by atoms with E-state index in [1.54, 1.807) is 46.5 Å². The SMILES string of the molecule is Cc1c(-c2ccc3cnc(Nc4ccc(CC(=O)N5CCN(C6CN(c7ccc(C8CCC(=O)NC8=O)cc7F)C6)CC5)c(F)c4)nc3c2)cnc2c1N(C(=O)OC(C)(C)C)CCO2. The molecule has 3 fully saturated rings. The van der Waals surface area contributed by atoms with Crippen molar-refractivity contribution in [2.24, 2.45) is 0 Å². The minimum atomic E-state index is -0.669. The quantitative estimate of drug-likeness (QED) is 0.169. The summed E-state index contributed by atoms with van der Waals surface area (Å²) in [5, 5.41) is 6.21. The third-order valence-electron chi connectivity index (χ3n) is 12.3. The van der Waals surface area contributed by atoms with Gasteiger partial charge in [-0.1, -0.05) is 24.3 Å². The molecular formula is C47H49F2N9O6. The summed E-state index contributed by atoms with van der Waals surface area (Å²) in [6, 6.07) is 15.4. The predicted octanol–water partition coefficient (Wildman–Crippen LogP) is 6.25. The first-order valence-electron chi connectivity index (χ1n) is 21.5. The highest BCUT2D eigenvalue weighted by molar-refractivity contribution is 6.01. The maximum atomic E-state index is 15.5. The van der Waals surface area contributed by atoms with Crippen LogP contribution in [0.25, 0.3) is 22.0 Å². The molecule has 0 bridgehead atoms. The molecule has 3 aromatic carbocycles. The summed E-state index contributed by atoms with van der Waals surface area (Å²) >= 11 is 0. The number of carbonyl (C=O) groups excluding carboxylic acids is 4. The van der Waals surface area contributed by atoms with Crippen LogP contribution in [0, 0.1) is 18.6 Å². The largest absolute Gasteiger partial charge is 0.474 e. The van der Waals surface area contributed by atoms with E-state index in [-0.39, 0.29) is 42.2 Å². The lowest BCUT2D eigenvalue weighted by Crippen LogP contribution is -2.63. The first-order chi connectivity index (χ1) is 30.7. The van der Waals surface area contributed by atoms with E-state index >= 15 is 8.78 Å². The highest BCUT2D eigenvalue weighted by atomic mass is 19.1. The first-order valence-corrected chi connectivity index (χ1v) is 21.5. The first kappa shape index (κ1) is 42.5. The van der Waals surface area contributed by atoms with Gasteiger partial charge in [0.2, 0.25) is 29.5 Å². The third-order valence-corrected chi connectivity index (χ3v) is 12.3. The number of fused-ring (bicyclic) bond motifs is 2. The maximum Gasteiger partial charge on any atom is 0.415 e. The van der Waals surface area contributed by atoms with Crippen LogP contribution in [-0.2, 0) is 25.5 Å². The van der Waals surface area contributed by atoms with Gasteiger partial charge in [0.25, 0.3) is 0 Å². The van der Waals surface area contributed by atoms with Gasteiger partial charge in [0.1, 0.15) is 29.5 Å². The summed E-state index contributed by atoms with van der Waals surface area (Å²) < 4.78 is 42.2. The molecule has 15 nitrogen and oxygen atoms in total. The lowest BCUT2D eigenvalue weighted by Gasteiger charge is -2.49. The molecule has 2 N–H and O–H groups in total. The van der Waals surface area contributed by atoms with Crippen LogP contribution in [0.4, 0.5) is 36.6 Å². The molecule has 9 rings (SSSR count). The Morgan fingerprint density at radius 2 is 1.73 bits per heavy atom. The summed E-state index contributed by atoms with van der Waals surface area (Å²) in [6.07, 6.45) is 3.44. The van der Waals surface area contributed by atoms with Gasteiger partial charge in [-0.2, -0.15) is 0 Å². The van der Waals surface area contributed by atoms with Gasteiger partial charge < -0.3 is 24.6 Å². The average Bonchev–Trinajstić information content (AvgIpc) is 3.24. The van der Waals surface area contributed by atoms with Gasteiger partial charge in [0, 0.05) is 80.8 Å². The van der Waals surface area contributed by atoms with Gasteiger partial charge in [-0.3, -0.25) is 29.5 Å². The van der Waals surface area contributed by atoms with E-state index < -0.39 is 35.2 Å². The Bertz CT molecular complexity index is 2680. The van der Waals surface area contributed by atoms with E-state index in [2.05, 4.69) is 25.5 Å². The molecule has 17 heteroatoms. The lowest BCUT2D eigenvalue weighted by atomic mass is 9.90. The number of pyridine rings is 1. The van der Waals surface area contributed by atoms with Gasteiger partial charge >= 0.3 is 6.09 Å². The number of piperidine rings is 1. The number of aromatic nitrogens is 3. The topological polar surface area (TPSA) is 162 Å². The second-order valence-electron chi connectivity index (χ2n) is 17.7. The number of hydrogen-bond acceptors (Lipinski definition) is 12. The summed E-state index contributed by atoms with van der Waals surface area (Å²) in [4.78, 5) is 71.6. The number of rotatable bonds is 8. The second-order valence-corrected chi connectivity index (χ2v) is 17.7. The number of nitrogens with zero attached hydrogens (tertiary/aromatic N) is 7. The molecule has 1 unspecified atom stereocenters. The predicted molar refractivity (Wildman–Crippen MR) is 236 cm³/mol. The Labute approximate surface area is 368 Å². The zero-order valence-corrected chi connectivity index (χ0v) is 36.1. The van der Waals surface area contributed by atoms with E-state index in [4.69, 9.17) is 14.5 Å². The monoisotopic (exact) mass is 873 g/mol. The minimum Gasteiger partial charge on any atom is -0.474 e. The normalized spacial score (nSPS) is 18.3. The number of nitrogens with one attached hydrogen (secondary N) is 2. The van der Waals surface area contributed by atoms with Crippen molar-refractivity contribution in [1.29, 1.82) is 0 Å². The van der Waals surface area contributed by atoms with Crippen molar-refractivity contribution in [1.82, 2.24) is 30.1 Å². The molecule has 0 saturated carbocycles. The van der Waals surface area contributed by atoms with Crippen molar-refractivity contribution in [3.63, 3.8) is 0 Å². The van der Waals surface area contributed by atoms with Gasteiger partial charge in [-0.15, -0.1) is 0 Å². The van der Waals surface area contributed by atoms with Crippen LogP contribution in [0.1, 0.15) is 56.2 Å². The molecular weight excluding hydrogens is 825 g/mol. The molecule has 4 amide bonds. The van der Waals surface area contributed by atoms with Gasteiger partial charge in [-0.05, 0) is 86.7 Å². The van der Waals surface area contributed by atoms with Crippen molar-refractivity contribution < 1.29 is 37.4 Å². The number of piperazine rings is 1. The fraction of sp³-hybridized carbons (Fsp3) is 0.383. The number of carbonyl (C=O) groups is 4. The minimum absolute atomic E-state index is 0.0781. The number of anilines is 4. The molecule has 0 spiro atoms. The van der Waals surface area contributed by atoms with Crippen LogP contribution in [0.2, 0.25) is 0 Å². The van der Waals surface area contributed by atoms with Crippen LogP contribution in [0.15, 0.2) is 67.0 Å². The molecule has 1 atom stereocenters. The van der Waals surface area contributed by atoms with Crippen LogP contribution >= 0.6 is 0 Å². The van der Waals surface area contributed by atoms with Crippen molar-refractivity contribution in [2.75, 3.05) is 67.5 Å². The van der Waals surface area contributed by atoms with Crippen molar-refractivity contribution >= 4 is 57.7 Å². The van der Waals surface area contributed by atoms with Crippen LogP contribution in [0.5, 0.6) is 5.88 Å². The molecule has 0 radical (unpaired) electrons. The van der Waals surface area contributed by atoms with Crippen LogP contribution < -0.4 is 25.2 Å². The number of hydrogen-bond donors (Lipinski definition) is 2. The van der Waals surface area contributed by atoms with Gasteiger partial charge in [0.05, 0.1) is 30.1 Å². The highest BCUT2D eigenvalue weighted by Crippen LogP contribution is 2.40. The Hall–Kier alpha value is -6.75. The van der Waals surface area contributed by atoms with E-state index in [0.717, 1.165) is 22.1 Å². The van der Waals surface area contributed by atoms with E-state index in [1.165, 1.54) is 12.1 Å². The van der Waals surface area contributed by atoms with E-state index in [1.807, 2.05) is 50.8 Å². The molecule has 0 aliphatic carbocycles. The number of halogens is 2.